The number of nitrogen functional groups attached to an aromatic ring is 1. The maximum atomic E-state index is 12.9. The Labute approximate surface area is 115 Å². The third kappa shape index (κ3) is 3.41. The summed E-state index contributed by atoms with van der Waals surface area (Å²) in [4.78, 5) is 3.99. The van der Waals surface area contributed by atoms with Crippen LogP contribution in [0, 0.1) is 5.82 Å². The van der Waals surface area contributed by atoms with E-state index in [9.17, 15) is 4.39 Å². The quantitative estimate of drug-likeness (QED) is 0.593. The van der Waals surface area contributed by atoms with E-state index in [1.165, 1.54) is 18.3 Å². The first-order chi connectivity index (χ1) is 9.10. The molecule has 19 heavy (non-hydrogen) atoms. The number of nitrogens with two attached hydrogens (primary N) is 2. The summed E-state index contributed by atoms with van der Waals surface area (Å²) in [5, 5.41) is 0.489. The van der Waals surface area contributed by atoms with Crippen molar-refractivity contribution in [2.24, 2.45) is 5.84 Å². The number of pyridine rings is 1. The molecule has 2 aromatic rings. The molecule has 0 bridgehead atoms. The molecule has 2 rings (SSSR count). The second kappa shape index (κ2) is 5.97. The number of rotatable bonds is 4. The Morgan fingerprint density at radius 1 is 1.32 bits per heavy atom. The molecular weight excluding hydrogens is 267 g/mol. The normalized spacial score (nSPS) is 12.4. The van der Waals surface area contributed by atoms with Crippen molar-refractivity contribution >= 4 is 17.4 Å². The summed E-state index contributed by atoms with van der Waals surface area (Å²) in [7, 11) is 0. The maximum absolute atomic E-state index is 12.9. The van der Waals surface area contributed by atoms with E-state index in [4.69, 9.17) is 23.2 Å². The molecule has 4 nitrogen and oxygen atoms in total. The molecule has 1 unspecified atom stereocenters. The van der Waals surface area contributed by atoms with Crippen LogP contribution >= 0.6 is 11.6 Å². The van der Waals surface area contributed by atoms with E-state index in [1.807, 2.05) is 0 Å². The molecule has 0 fully saturated rings. The average molecular weight is 281 g/mol. The van der Waals surface area contributed by atoms with Gasteiger partial charge < -0.3 is 5.73 Å². The number of hydrazine groups is 1. The lowest BCUT2D eigenvalue weighted by atomic mass is 10.00. The highest BCUT2D eigenvalue weighted by molar-refractivity contribution is 6.30. The summed E-state index contributed by atoms with van der Waals surface area (Å²) in [5.74, 6) is 5.65. The average Bonchev–Trinajstić information content (AvgIpc) is 2.41. The highest BCUT2D eigenvalue weighted by atomic mass is 35.5. The monoisotopic (exact) mass is 280 g/mol. The molecule has 1 aromatic heterocycles. The van der Waals surface area contributed by atoms with E-state index in [0.717, 1.165) is 11.1 Å². The van der Waals surface area contributed by atoms with Gasteiger partial charge in [-0.15, -0.1) is 0 Å². The number of benzene rings is 1. The maximum Gasteiger partial charge on any atom is 0.128 e. The van der Waals surface area contributed by atoms with Gasteiger partial charge in [0.1, 0.15) is 11.6 Å². The Bertz CT molecular complexity index is 559. The van der Waals surface area contributed by atoms with E-state index in [2.05, 4.69) is 10.4 Å². The minimum atomic E-state index is -0.273. The van der Waals surface area contributed by atoms with Crippen molar-refractivity contribution < 1.29 is 4.39 Å². The first-order valence-corrected chi connectivity index (χ1v) is 6.09. The van der Waals surface area contributed by atoms with Gasteiger partial charge in [0.15, 0.2) is 0 Å². The van der Waals surface area contributed by atoms with Crippen molar-refractivity contribution in [3.8, 4) is 0 Å². The van der Waals surface area contributed by atoms with Gasteiger partial charge in [-0.2, -0.15) is 0 Å². The van der Waals surface area contributed by atoms with Crippen LogP contribution in [-0.2, 0) is 6.42 Å². The van der Waals surface area contributed by atoms with Crippen LogP contribution in [-0.4, -0.2) is 4.98 Å². The van der Waals surface area contributed by atoms with Gasteiger partial charge in [0, 0.05) is 11.8 Å². The fraction of sp³-hybridized carbons (Fsp3) is 0.154. The third-order valence-corrected chi connectivity index (χ3v) is 3.05. The van der Waals surface area contributed by atoms with Gasteiger partial charge in [-0.05, 0) is 30.2 Å². The summed E-state index contributed by atoms with van der Waals surface area (Å²) in [6.45, 7) is 0. The number of hydrogen-bond donors (Lipinski definition) is 3. The number of nitrogens with zero attached hydrogens (tertiary/aromatic N) is 1. The van der Waals surface area contributed by atoms with Crippen molar-refractivity contribution in [2.75, 3.05) is 5.73 Å². The van der Waals surface area contributed by atoms with Gasteiger partial charge >= 0.3 is 0 Å². The second-order valence-corrected chi connectivity index (χ2v) is 4.61. The van der Waals surface area contributed by atoms with Crippen LogP contribution in [0.25, 0.3) is 0 Å². The zero-order valence-corrected chi connectivity index (χ0v) is 10.9. The Hall–Kier alpha value is -1.69. The number of aromatic nitrogens is 1. The van der Waals surface area contributed by atoms with Crippen molar-refractivity contribution in [3.63, 3.8) is 0 Å². The van der Waals surface area contributed by atoms with Crippen LogP contribution in [0.1, 0.15) is 17.2 Å². The SMILES string of the molecule is NNC(Cc1ccc(F)cc1)c1cc(Cl)cnc1N. The minimum absolute atomic E-state index is 0.239. The van der Waals surface area contributed by atoms with Crippen molar-refractivity contribution in [1.82, 2.24) is 10.4 Å². The first-order valence-electron chi connectivity index (χ1n) is 5.71. The molecule has 0 saturated heterocycles. The lowest BCUT2D eigenvalue weighted by molar-refractivity contribution is 0.551. The van der Waals surface area contributed by atoms with E-state index in [-0.39, 0.29) is 11.9 Å². The number of halogens is 2. The van der Waals surface area contributed by atoms with Gasteiger partial charge in [-0.25, -0.2) is 9.37 Å². The summed E-state index contributed by atoms with van der Waals surface area (Å²) >= 11 is 5.91. The van der Waals surface area contributed by atoms with Crippen LogP contribution in [0.4, 0.5) is 10.2 Å². The van der Waals surface area contributed by atoms with Gasteiger partial charge in [-0.3, -0.25) is 11.3 Å². The Balaban J connectivity index is 2.24. The Morgan fingerprint density at radius 2 is 2.00 bits per heavy atom. The molecule has 0 radical (unpaired) electrons. The molecule has 0 aliphatic rings. The lowest BCUT2D eigenvalue weighted by Crippen LogP contribution is -2.30. The summed E-state index contributed by atoms with van der Waals surface area (Å²) in [6.07, 6.45) is 2.04. The van der Waals surface area contributed by atoms with Gasteiger partial charge in [0.05, 0.1) is 11.1 Å². The predicted molar refractivity (Wildman–Crippen MR) is 73.8 cm³/mol. The van der Waals surface area contributed by atoms with Crippen LogP contribution in [0.5, 0.6) is 0 Å². The van der Waals surface area contributed by atoms with Gasteiger partial charge in [0.2, 0.25) is 0 Å². The predicted octanol–water partition coefficient (Wildman–Crippen LogP) is 2.20. The van der Waals surface area contributed by atoms with E-state index < -0.39 is 0 Å². The molecule has 1 aromatic carbocycles. The smallest absolute Gasteiger partial charge is 0.128 e. The highest BCUT2D eigenvalue weighted by Crippen LogP contribution is 2.24. The van der Waals surface area contributed by atoms with Crippen molar-refractivity contribution in [3.05, 3.63) is 58.5 Å². The molecule has 0 amide bonds. The van der Waals surface area contributed by atoms with Crippen LogP contribution in [0.3, 0.4) is 0 Å². The molecule has 0 saturated carbocycles. The molecular formula is C13H14ClFN4. The summed E-state index contributed by atoms with van der Waals surface area (Å²) in [5.41, 5.74) is 10.2. The third-order valence-electron chi connectivity index (χ3n) is 2.85. The zero-order chi connectivity index (χ0) is 13.8. The highest BCUT2D eigenvalue weighted by Gasteiger charge is 2.15. The molecule has 0 spiro atoms. The van der Waals surface area contributed by atoms with Gasteiger partial charge in [0.25, 0.3) is 0 Å². The Morgan fingerprint density at radius 3 is 2.63 bits per heavy atom. The van der Waals surface area contributed by atoms with Crippen molar-refractivity contribution in [2.45, 2.75) is 12.5 Å². The molecule has 100 valence electrons. The number of hydrogen-bond acceptors (Lipinski definition) is 4. The van der Waals surface area contributed by atoms with Crippen LogP contribution in [0.2, 0.25) is 5.02 Å². The lowest BCUT2D eigenvalue weighted by Gasteiger charge is -2.18. The molecule has 0 aliphatic heterocycles. The minimum Gasteiger partial charge on any atom is -0.383 e. The van der Waals surface area contributed by atoms with Crippen LogP contribution < -0.4 is 17.0 Å². The summed E-state index contributed by atoms with van der Waals surface area (Å²) < 4.78 is 12.9. The van der Waals surface area contributed by atoms with Crippen LogP contribution in [0.15, 0.2) is 36.5 Å². The van der Waals surface area contributed by atoms with Crippen molar-refractivity contribution in [1.29, 1.82) is 0 Å². The molecule has 1 atom stereocenters. The largest absolute Gasteiger partial charge is 0.383 e. The number of nitrogens with one attached hydrogen (secondary N) is 1. The molecule has 1 heterocycles. The van der Waals surface area contributed by atoms with E-state index >= 15 is 0 Å². The fourth-order valence-corrected chi connectivity index (χ4v) is 2.03. The van der Waals surface area contributed by atoms with E-state index in [1.54, 1.807) is 18.2 Å². The zero-order valence-electron chi connectivity index (χ0n) is 10.1. The Kier molecular flexibility index (Phi) is 4.31. The number of anilines is 1. The topological polar surface area (TPSA) is 77.0 Å². The first kappa shape index (κ1) is 13.7. The summed E-state index contributed by atoms with van der Waals surface area (Å²) in [6, 6.07) is 7.70. The molecule has 6 heteroatoms. The fourth-order valence-electron chi connectivity index (χ4n) is 1.86. The second-order valence-electron chi connectivity index (χ2n) is 4.18. The molecule has 5 N–H and O–H groups in total. The van der Waals surface area contributed by atoms with E-state index in [0.29, 0.717) is 17.3 Å². The van der Waals surface area contributed by atoms with Gasteiger partial charge in [-0.1, -0.05) is 23.7 Å². The molecule has 0 aliphatic carbocycles. The standard InChI is InChI=1S/C13H14ClFN4/c14-9-6-11(13(16)18-7-9)12(19-17)5-8-1-3-10(15)4-2-8/h1-4,6-7,12,19H,5,17H2,(H2,16,18).